The summed E-state index contributed by atoms with van der Waals surface area (Å²) in [5.41, 5.74) is 2.40. The van der Waals surface area contributed by atoms with E-state index in [0.717, 1.165) is 11.1 Å². The maximum Gasteiger partial charge on any atom is 0.251 e. The van der Waals surface area contributed by atoms with E-state index >= 15 is 0 Å². The zero-order valence-corrected chi connectivity index (χ0v) is 14.6. The van der Waals surface area contributed by atoms with E-state index in [1.807, 2.05) is 19.1 Å². The first-order chi connectivity index (χ1) is 12.0. The van der Waals surface area contributed by atoms with Gasteiger partial charge in [0.05, 0.1) is 20.8 Å². The van der Waals surface area contributed by atoms with Crippen molar-refractivity contribution in [2.45, 2.75) is 13.5 Å². The third-order valence-corrected chi connectivity index (χ3v) is 3.63. The lowest BCUT2D eigenvalue weighted by atomic mass is 10.1. The number of methoxy groups -OCH3 is 2. The number of nitrogens with one attached hydrogen (secondary N) is 2. The second-order valence-corrected chi connectivity index (χ2v) is 5.52. The van der Waals surface area contributed by atoms with Crippen molar-refractivity contribution in [1.29, 1.82) is 0 Å². The summed E-state index contributed by atoms with van der Waals surface area (Å²) < 4.78 is 10.4. The molecule has 0 spiro atoms. The molecule has 0 aliphatic rings. The SMILES string of the molecule is COc1ccc(CNC(=O)CNC(=O)c2cccc(C)c2)cc1OC. The molecule has 2 aromatic rings. The minimum Gasteiger partial charge on any atom is -0.493 e. The van der Waals surface area contributed by atoms with Crippen LogP contribution in [0.2, 0.25) is 0 Å². The van der Waals surface area contributed by atoms with Gasteiger partial charge in [0.2, 0.25) is 5.91 Å². The minimum atomic E-state index is -0.273. The lowest BCUT2D eigenvalue weighted by Crippen LogP contribution is -2.36. The molecule has 0 aliphatic carbocycles. The Hall–Kier alpha value is -3.02. The van der Waals surface area contributed by atoms with Gasteiger partial charge >= 0.3 is 0 Å². The number of carbonyl (C=O) groups excluding carboxylic acids is 2. The number of carbonyl (C=O) groups is 2. The Bertz CT molecular complexity index is 759. The summed E-state index contributed by atoms with van der Waals surface area (Å²) in [6, 6.07) is 12.6. The lowest BCUT2D eigenvalue weighted by Gasteiger charge is -2.11. The lowest BCUT2D eigenvalue weighted by molar-refractivity contribution is -0.120. The van der Waals surface area contributed by atoms with E-state index in [-0.39, 0.29) is 18.4 Å². The van der Waals surface area contributed by atoms with Crippen molar-refractivity contribution in [2.75, 3.05) is 20.8 Å². The molecule has 2 rings (SSSR count). The van der Waals surface area contributed by atoms with Crippen LogP contribution < -0.4 is 20.1 Å². The summed E-state index contributed by atoms with van der Waals surface area (Å²) in [5.74, 6) is 0.686. The van der Waals surface area contributed by atoms with Crippen LogP contribution in [0.3, 0.4) is 0 Å². The molecule has 6 nitrogen and oxygen atoms in total. The zero-order valence-electron chi connectivity index (χ0n) is 14.6. The van der Waals surface area contributed by atoms with E-state index in [2.05, 4.69) is 10.6 Å². The van der Waals surface area contributed by atoms with Gasteiger partial charge in [0.25, 0.3) is 5.91 Å². The first kappa shape index (κ1) is 18.3. The van der Waals surface area contributed by atoms with Crippen molar-refractivity contribution >= 4 is 11.8 Å². The van der Waals surface area contributed by atoms with Crippen LogP contribution in [0.15, 0.2) is 42.5 Å². The quantitative estimate of drug-likeness (QED) is 0.807. The predicted molar refractivity (Wildman–Crippen MR) is 94.9 cm³/mol. The number of hydrogen-bond donors (Lipinski definition) is 2. The molecule has 0 aromatic heterocycles. The largest absolute Gasteiger partial charge is 0.493 e. The van der Waals surface area contributed by atoms with E-state index in [1.54, 1.807) is 44.6 Å². The van der Waals surface area contributed by atoms with Crippen LogP contribution in [-0.4, -0.2) is 32.6 Å². The molecule has 25 heavy (non-hydrogen) atoms. The van der Waals surface area contributed by atoms with E-state index in [1.165, 1.54) is 0 Å². The average molecular weight is 342 g/mol. The molecule has 2 aromatic carbocycles. The Morgan fingerprint density at radius 3 is 2.40 bits per heavy atom. The van der Waals surface area contributed by atoms with Gasteiger partial charge in [0.15, 0.2) is 11.5 Å². The Kier molecular flexibility index (Phi) is 6.39. The van der Waals surface area contributed by atoms with Crippen LogP contribution in [0.25, 0.3) is 0 Å². The molecule has 6 heteroatoms. The number of rotatable bonds is 7. The Balaban J connectivity index is 1.83. The van der Waals surface area contributed by atoms with Gasteiger partial charge < -0.3 is 20.1 Å². The van der Waals surface area contributed by atoms with E-state index < -0.39 is 0 Å². The fourth-order valence-electron chi connectivity index (χ4n) is 2.30. The summed E-state index contributed by atoms with van der Waals surface area (Å²) in [4.78, 5) is 23.9. The summed E-state index contributed by atoms with van der Waals surface area (Å²) in [6.07, 6.45) is 0. The highest BCUT2D eigenvalue weighted by Gasteiger charge is 2.09. The van der Waals surface area contributed by atoms with Gasteiger partial charge in [0.1, 0.15) is 0 Å². The monoisotopic (exact) mass is 342 g/mol. The van der Waals surface area contributed by atoms with Crippen molar-refractivity contribution in [1.82, 2.24) is 10.6 Å². The topological polar surface area (TPSA) is 76.7 Å². The van der Waals surface area contributed by atoms with Crippen molar-refractivity contribution in [2.24, 2.45) is 0 Å². The van der Waals surface area contributed by atoms with Crippen LogP contribution in [0.5, 0.6) is 11.5 Å². The predicted octanol–water partition coefficient (Wildman–Crippen LogP) is 2.06. The third kappa shape index (κ3) is 5.24. The maximum atomic E-state index is 12.0. The highest BCUT2D eigenvalue weighted by molar-refractivity contribution is 5.96. The summed E-state index contributed by atoms with van der Waals surface area (Å²) in [6.45, 7) is 2.16. The van der Waals surface area contributed by atoms with Gasteiger partial charge in [-0.25, -0.2) is 0 Å². The van der Waals surface area contributed by atoms with Crippen molar-refractivity contribution < 1.29 is 19.1 Å². The molecule has 2 N–H and O–H groups in total. The van der Waals surface area contributed by atoms with Gasteiger partial charge in [-0.2, -0.15) is 0 Å². The molecule has 0 saturated carbocycles. The van der Waals surface area contributed by atoms with Crippen LogP contribution in [-0.2, 0) is 11.3 Å². The zero-order chi connectivity index (χ0) is 18.2. The molecule has 0 aliphatic heterocycles. The number of benzene rings is 2. The van der Waals surface area contributed by atoms with E-state index in [4.69, 9.17) is 9.47 Å². The second-order valence-electron chi connectivity index (χ2n) is 5.52. The van der Waals surface area contributed by atoms with Crippen molar-refractivity contribution in [3.8, 4) is 11.5 Å². The van der Waals surface area contributed by atoms with Crippen LogP contribution in [0, 0.1) is 6.92 Å². The number of hydrogen-bond acceptors (Lipinski definition) is 4. The fourth-order valence-corrected chi connectivity index (χ4v) is 2.30. The Labute approximate surface area is 147 Å². The molecular weight excluding hydrogens is 320 g/mol. The summed E-state index contributed by atoms with van der Waals surface area (Å²) in [5, 5.41) is 5.36. The van der Waals surface area contributed by atoms with Crippen molar-refractivity contribution in [3.05, 3.63) is 59.2 Å². The van der Waals surface area contributed by atoms with E-state index in [0.29, 0.717) is 23.6 Å². The Morgan fingerprint density at radius 2 is 1.72 bits per heavy atom. The second kappa shape index (κ2) is 8.73. The summed E-state index contributed by atoms with van der Waals surface area (Å²) in [7, 11) is 3.12. The Morgan fingerprint density at radius 1 is 0.960 bits per heavy atom. The van der Waals surface area contributed by atoms with Crippen molar-refractivity contribution in [3.63, 3.8) is 0 Å². The van der Waals surface area contributed by atoms with Crippen LogP contribution >= 0.6 is 0 Å². The molecule has 0 unspecified atom stereocenters. The van der Waals surface area contributed by atoms with Crippen LogP contribution in [0.1, 0.15) is 21.5 Å². The highest BCUT2D eigenvalue weighted by Crippen LogP contribution is 2.27. The standard InChI is InChI=1S/C19H22N2O4/c1-13-5-4-6-15(9-13)19(23)21-12-18(22)20-11-14-7-8-16(24-2)17(10-14)25-3/h4-10H,11-12H2,1-3H3,(H,20,22)(H,21,23). The fraction of sp³-hybridized carbons (Fsp3) is 0.263. The third-order valence-electron chi connectivity index (χ3n) is 3.63. The first-order valence-corrected chi connectivity index (χ1v) is 7.86. The number of aryl methyl sites for hydroxylation is 1. The number of amides is 2. The minimum absolute atomic E-state index is 0.0833. The van der Waals surface area contributed by atoms with Gasteiger partial charge in [0, 0.05) is 12.1 Å². The highest BCUT2D eigenvalue weighted by atomic mass is 16.5. The molecule has 0 heterocycles. The summed E-state index contributed by atoms with van der Waals surface area (Å²) >= 11 is 0. The molecule has 0 saturated heterocycles. The van der Waals surface area contributed by atoms with Gasteiger partial charge in [-0.15, -0.1) is 0 Å². The van der Waals surface area contributed by atoms with E-state index in [9.17, 15) is 9.59 Å². The van der Waals surface area contributed by atoms with Gasteiger partial charge in [-0.3, -0.25) is 9.59 Å². The van der Waals surface area contributed by atoms with Gasteiger partial charge in [-0.1, -0.05) is 23.8 Å². The molecular formula is C19H22N2O4. The van der Waals surface area contributed by atoms with Gasteiger partial charge in [-0.05, 0) is 36.8 Å². The maximum absolute atomic E-state index is 12.0. The molecule has 0 radical (unpaired) electrons. The molecule has 0 atom stereocenters. The molecule has 0 fully saturated rings. The molecule has 2 amide bonds. The number of ether oxygens (including phenoxy) is 2. The normalized spacial score (nSPS) is 10.0. The average Bonchev–Trinajstić information content (AvgIpc) is 2.64. The smallest absolute Gasteiger partial charge is 0.251 e. The van der Waals surface area contributed by atoms with Crippen LogP contribution in [0.4, 0.5) is 0 Å². The first-order valence-electron chi connectivity index (χ1n) is 7.86. The molecule has 0 bridgehead atoms. The molecule has 132 valence electrons.